The molecule has 0 heterocycles. The molecule has 1 aromatic carbocycles. The summed E-state index contributed by atoms with van der Waals surface area (Å²) < 4.78 is 0.970. The SMILES string of the molecule is C=CCc1c(I)cccc1C(=O)O.Cl.Cl. The van der Waals surface area contributed by atoms with Gasteiger partial charge in [0.1, 0.15) is 0 Å². The van der Waals surface area contributed by atoms with E-state index in [1.54, 1.807) is 18.2 Å². The van der Waals surface area contributed by atoms with Crippen molar-refractivity contribution >= 4 is 53.4 Å². The second kappa shape index (κ2) is 7.96. The van der Waals surface area contributed by atoms with Crippen LogP contribution in [0.3, 0.4) is 0 Å². The van der Waals surface area contributed by atoms with Gasteiger partial charge >= 0.3 is 5.97 Å². The molecule has 5 heteroatoms. The number of allylic oxidation sites excluding steroid dienone is 1. The van der Waals surface area contributed by atoms with Crippen LogP contribution in [0.1, 0.15) is 15.9 Å². The number of halogens is 3. The number of carboxylic acids is 1. The van der Waals surface area contributed by atoms with Gasteiger partial charge in [0.05, 0.1) is 5.56 Å². The third-order valence-corrected chi connectivity index (χ3v) is 2.71. The van der Waals surface area contributed by atoms with Gasteiger partial charge in [0.25, 0.3) is 0 Å². The normalized spacial score (nSPS) is 8.33. The van der Waals surface area contributed by atoms with Crippen molar-refractivity contribution in [3.05, 3.63) is 45.6 Å². The summed E-state index contributed by atoms with van der Waals surface area (Å²) in [5, 5.41) is 8.88. The van der Waals surface area contributed by atoms with E-state index in [1.807, 2.05) is 6.07 Å². The highest BCUT2D eigenvalue weighted by Gasteiger charge is 2.10. The number of rotatable bonds is 3. The molecular weight excluding hydrogens is 350 g/mol. The van der Waals surface area contributed by atoms with Gasteiger partial charge in [0, 0.05) is 3.57 Å². The van der Waals surface area contributed by atoms with Crippen LogP contribution in [0.15, 0.2) is 30.9 Å². The highest BCUT2D eigenvalue weighted by atomic mass is 127. The van der Waals surface area contributed by atoms with Gasteiger partial charge in [-0.25, -0.2) is 4.79 Å². The first-order valence-corrected chi connectivity index (χ1v) is 4.86. The molecule has 0 spiro atoms. The predicted octanol–water partition coefficient (Wildman–Crippen LogP) is 3.56. The highest BCUT2D eigenvalue weighted by molar-refractivity contribution is 14.1. The van der Waals surface area contributed by atoms with Crippen molar-refractivity contribution < 1.29 is 9.90 Å². The maximum absolute atomic E-state index is 10.8. The molecule has 0 aliphatic heterocycles. The minimum absolute atomic E-state index is 0. The number of hydrogen-bond donors (Lipinski definition) is 1. The summed E-state index contributed by atoms with van der Waals surface area (Å²) in [6.07, 6.45) is 2.31. The van der Waals surface area contributed by atoms with E-state index in [9.17, 15) is 4.79 Å². The Balaban J connectivity index is 0. The van der Waals surface area contributed by atoms with Crippen molar-refractivity contribution in [2.45, 2.75) is 6.42 Å². The van der Waals surface area contributed by atoms with Crippen LogP contribution in [0.2, 0.25) is 0 Å². The molecule has 0 aromatic heterocycles. The Bertz CT molecular complexity index is 353. The first-order valence-electron chi connectivity index (χ1n) is 3.78. The number of benzene rings is 1. The standard InChI is InChI=1S/C10H9IO2.2ClH/c1-2-4-7-8(10(12)13)5-3-6-9(7)11;;/h2-3,5-6H,1,4H2,(H,12,13);2*1H. The van der Waals surface area contributed by atoms with E-state index in [0.29, 0.717) is 12.0 Å². The Hall–Kier alpha value is -0.260. The highest BCUT2D eigenvalue weighted by Crippen LogP contribution is 2.17. The molecule has 0 amide bonds. The number of hydrogen-bond acceptors (Lipinski definition) is 1. The van der Waals surface area contributed by atoms with Crippen LogP contribution >= 0.6 is 47.4 Å². The van der Waals surface area contributed by atoms with Crippen molar-refractivity contribution in [2.75, 3.05) is 0 Å². The molecular formula is C10H11Cl2IO2. The molecule has 0 radical (unpaired) electrons. The minimum atomic E-state index is -0.879. The second-order valence-electron chi connectivity index (χ2n) is 2.56. The lowest BCUT2D eigenvalue weighted by Gasteiger charge is -2.05. The van der Waals surface area contributed by atoms with Crippen LogP contribution in [-0.4, -0.2) is 11.1 Å². The van der Waals surface area contributed by atoms with Gasteiger partial charge in [-0.2, -0.15) is 0 Å². The van der Waals surface area contributed by atoms with E-state index in [4.69, 9.17) is 5.11 Å². The number of carbonyl (C=O) groups is 1. The lowest BCUT2D eigenvalue weighted by molar-refractivity contribution is 0.0696. The molecule has 0 fully saturated rings. The molecule has 0 atom stereocenters. The minimum Gasteiger partial charge on any atom is -0.478 e. The Kier molecular flexibility index (Phi) is 9.10. The molecule has 15 heavy (non-hydrogen) atoms. The van der Waals surface area contributed by atoms with Gasteiger partial charge in [0.2, 0.25) is 0 Å². The molecule has 84 valence electrons. The molecule has 0 bridgehead atoms. The van der Waals surface area contributed by atoms with Gasteiger partial charge in [-0.1, -0.05) is 12.1 Å². The number of carboxylic acid groups (broad SMARTS) is 1. The van der Waals surface area contributed by atoms with Crippen LogP contribution < -0.4 is 0 Å². The fourth-order valence-electron chi connectivity index (χ4n) is 1.11. The van der Waals surface area contributed by atoms with Gasteiger partial charge < -0.3 is 5.11 Å². The molecule has 1 rings (SSSR count). The van der Waals surface area contributed by atoms with Crippen molar-refractivity contribution in [1.82, 2.24) is 0 Å². The van der Waals surface area contributed by atoms with Gasteiger partial charge in [-0.3, -0.25) is 0 Å². The zero-order valence-corrected chi connectivity index (χ0v) is 11.6. The molecule has 0 saturated carbocycles. The summed E-state index contributed by atoms with van der Waals surface area (Å²) in [6.45, 7) is 3.60. The van der Waals surface area contributed by atoms with Gasteiger partial charge in [-0.05, 0) is 46.7 Å². The van der Waals surface area contributed by atoms with E-state index in [1.165, 1.54) is 0 Å². The Morgan fingerprint density at radius 3 is 2.53 bits per heavy atom. The average molecular weight is 361 g/mol. The molecule has 0 unspecified atom stereocenters. The third kappa shape index (κ3) is 4.40. The summed E-state index contributed by atoms with van der Waals surface area (Å²) in [6, 6.07) is 5.26. The molecule has 0 saturated heterocycles. The predicted molar refractivity (Wildman–Crippen MR) is 74.5 cm³/mol. The van der Waals surface area contributed by atoms with Crippen LogP contribution in [0.4, 0.5) is 0 Å². The van der Waals surface area contributed by atoms with E-state index >= 15 is 0 Å². The van der Waals surface area contributed by atoms with E-state index in [0.717, 1.165) is 9.13 Å². The van der Waals surface area contributed by atoms with Crippen molar-refractivity contribution in [2.24, 2.45) is 0 Å². The average Bonchev–Trinajstić information content (AvgIpc) is 2.08. The Morgan fingerprint density at radius 1 is 1.47 bits per heavy atom. The van der Waals surface area contributed by atoms with Crippen molar-refractivity contribution in [3.63, 3.8) is 0 Å². The third-order valence-electron chi connectivity index (χ3n) is 1.70. The zero-order chi connectivity index (χ0) is 9.84. The van der Waals surface area contributed by atoms with Crippen LogP contribution in [0.25, 0.3) is 0 Å². The Morgan fingerprint density at radius 2 is 2.07 bits per heavy atom. The summed E-state index contributed by atoms with van der Waals surface area (Å²) in [5.74, 6) is -0.879. The summed E-state index contributed by atoms with van der Waals surface area (Å²) in [5.41, 5.74) is 1.21. The largest absolute Gasteiger partial charge is 0.478 e. The van der Waals surface area contributed by atoms with E-state index in [2.05, 4.69) is 29.2 Å². The lowest BCUT2D eigenvalue weighted by Crippen LogP contribution is -2.03. The van der Waals surface area contributed by atoms with Crippen LogP contribution in [0.5, 0.6) is 0 Å². The first-order chi connectivity index (χ1) is 6.16. The summed E-state index contributed by atoms with van der Waals surface area (Å²) in [7, 11) is 0. The van der Waals surface area contributed by atoms with Crippen molar-refractivity contribution in [3.8, 4) is 0 Å². The summed E-state index contributed by atoms with van der Waals surface area (Å²) >= 11 is 2.13. The second-order valence-corrected chi connectivity index (χ2v) is 3.73. The monoisotopic (exact) mass is 360 g/mol. The molecule has 1 aromatic rings. The van der Waals surface area contributed by atoms with Crippen LogP contribution in [0, 0.1) is 3.57 Å². The maximum Gasteiger partial charge on any atom is 0.336 e. The van der Waals surface area contributed by atoms with Gasteiger partial charge in [-0.15, -0.1) is 31.4 Å². The first kappa shape index (κ1) is 17.1. The molecule has 0 aliphatic rings. The smallest absolute Gasteiger partial charge is 0.336 e. The topological polar surface area (TPSA) is 37.3 Å². The van der Waals surface area contributed by atoms with Crippen LogP contribution in [-0.2, 0) is 6.42 Å². The van der Waals surface area contributed by atoms with E-state index in [-0.39, 0.29) is 24.8 Å². The fraction of sp³-hybridized carbons (Fsp3) is 0.100. The fourth-order valence-corrected chi connectivity index (χ4v) is 1.83. The lowest BCUT2D eigenvalue weighted by atomic mass is 10.1. The molecule has 2 nitrogen and oxygen atoms in total. The van der Waals surface area contributed by atoms with Crippen molar-refractivity contribution in [1.29, 1.82) is 0 Å². The van der Waals surface area contributed by atoms with E-state index < -0.39 is 5.97 Å². The quantitative estimate of drug-likeness (QED) is 0.661. The van der Waals surface area contributed by atoms with Gasteiger partial charge in [0.15, 0.2) is 0 Å². The molecule has 0 aliphatic carbocycles. The Labute approximate surface area is 115 Å². The zero-order valence-electron chi connectivity index (χ0n) is 7.77. The molecule has 1 N–H and O–H groups in total. The summed E-state index contributed by atoms with van der Waals surface area (Å²) in [4.78, 5) is 10.8. The maximum atomic E-state index is 10.8. The number of aromatic carboxylic acids is 1.